The molecule has 0 spiro atoms. The highest BCUT2D eigenvalue weighted by molar-refractivity contribution is 7.89. The minimum absolute atomic E-state index is 0.163. The zero-order valence-electron chi connectivity index (χ0n) is 11.3. The van der Waals surface area contributed by atoms with Crippen LogP contribution in [0.4, 0.5) is 0 Å². The second kappa shape index (κ2) is 5.32. The zero-order valence-corrected chi connectivity index (χ0v) is 12.9. The first-order chi connectivity index (χ1) is 10.0. The molecule has 6 nitrogen and oxygen atoms in total. The number of nitrogens with one attached hydrogen (secondary N) is 1. The fourth-order valence-electron chi connectivity index (χ4n) is 2.35. The van der Waals surface area contributed by atoms with Crippen LogP contribution in [0.2, 0.25) is 5.02 Å². The van der Waals surface area contributed by atoms with E-state index in [2.05, 4.69) is 9.97 Å². The molecule has 2 aromatic rings. The van der Waals surface area contributed by atoms with Crippen molar-refractivity contribution in [3.63, 3.8) is 0 Å². The van der Waals surface area contributed by atoms with Crippen LogP contribution in [0.15, 0.2) is 29.4 Å². The van der Waals surface area contributed by atoms with Gasteiger partial charge in [0.25, 0.3) is 0 Å². The van der Waals surface area contributed by atoms with Gasteiger partial charge >= 0.3 is 0 Å². The first-order valence-corrected chi connectivity index (χ1v) is 8.19. The first-order valence-electron chi connectivity index (χ1n) is 6.37. The van der Waals surface area contributed by atoms with E-state index in [0.717, 1.165) is 11.4 Å². The van der Waals surface area contributed by atoms with Crippen molar-refractivity contribution in [1.29, 1.82) is 0 Å². The molecule has 0 radical (unpaired) electrons. The van der Waals surface area contributed by atoms with E-state index in [1.807, 2.05) is 0 Å². The number of fused-ring (bicyclic) bond motifs is 1. The lowest BCUT2D eigenvalue weighted by atomic mass is 10.2. The molecule has 112 valence electrons. The summed E-state index contributed by atoms with van der Waals surface area (Å²) in [6.45, 7) is 0.700. The van der Waals surface area contributed by atoms with E-state index in [9.17, 15) is 8.42 Å². The summed E-state index contributed by atoms with van der Waals surface area (Å²) in [5, 5.41) is 0.276. The average Bonchev–Trinajstić information content (AvgIpc) is 2.94. The zero-order chi connectivity index (χ0) is 15.0. The summed E-state index contributed by atoms with van der Waals surface area (Å²) in [5.41, 5.74) is 1.76. The number of hydrogen-bond acceptors (Lipinski definition) is 4. The van der Waals surface area contributed by atoms with Crippen molar-refractivity contribution in [1.82, 2.24) is 14.3 Å². The van der Waals surface area contributed by atoms with Crippen LogP contribution in [0.3, 0.4) is 0 Å². The molecule has 1 N–H and O–H groups in total. The third kappa shape index (κ3) is 2.52. The Labute approximate surface area is 127 Å². The van der Waals surface area contributed by atoms with Gasteiger partial charge in [-0.05, 0) is 18.2 Å². The van der Waals surface area contributed by atoms with Crippen molar-refractivity contribution < 1.29 is 13.2 Å². The lowest BCUT2D eigenvalue weighted by molar-refractivity contribution is 0.385. The molecule has 0 bridgehead atoms. The smallest absolute Gasteiger partial charge is 0.243 e. The van der Waals surface area contributed by atoms with Gasteiger partial charge in [-0.3, -0.25) is 0 Å². The molecule has 21 heavy (non-hydrogen) atoms. The number of ether oxygens (including phenoxy) is 1. The van der Waals surface area contributed by atoms with E-state index in [-0.39, 0.29) is 9.92 Å². The van der Waals surface area contributed by atoms with Crippen LogP contribution < -0.4 is 4.74 Å². The summed E-state index contributed by atoms with van der Waals surface area (Å²) in [7, 11) is -2.10. The second-order valence-corrected chi connectivity index (χ2v) is 7.06. The van der Waals surface area contributed by atoms with Crippen molar-refractivity contribution in [2.24, 2.45) is 0 Å². The lowest BCUT2D eigenvalue weighted by Crippen LogP contribution is -2.36. The Morgan fingerprint density at radius 3 is 2.95 bits per heavy atom. The van der Waals surface area contributed by atoms with E-state index in [0.29, 0.717) is 25.3 Å². The summed E-state index contributed by atoms with van der Waals surface area (Å²) in [6, 6.07) is 4.47. The van der Waals surface area contributed by atoms with Crippen molar-refractivity contribution in [3.8, 4) is 5.75 Å². The minimum Gasteiger partial charge on any atom is -0.495 e. The summed E-state index contributed by atoms with van der Waals surface area (Å²) in [6.07, 6.45) is 2.19. The van der Waals surface area contributed by atoms with E-state index in [1.54, 1.807) is 12.4 Å². The normalized spacial score (nSPS) is 15.7. The summed E-state index contributed by atoms with van der Waals surface area (Å²) in [5.74, 6) is 0.449. The number of nitrogens with zero attached hydrogens (tertiary/aromatic N) is 2. The van der Waals surface area contributed by atoms with Gasteiger partial charge in [0.05, 0.1) is 41.3 Å². The van der Waals surface area contributed by atoms with Crippen molar-refractivity contribution in [3.05, 3.63) is 40.9 Å². The fraction of sp³-hybridized carbons (Fsp3) is 0.308. The van der Waals surface area contributed by atoms with Gasteiger partial charge in [-0.1, -0.05) is 11.6 Å². The summed E-state index contributed by atoms with van der Waals surface area (Å²) < 4.78 is 31.8. The number of aromatic amines is 1. The number of benzene rings is 1. The molecule has 0 saturated heterocycles. The monoisotopic (exact) mass is 327 g/mol. The molecule has 2 heterocycles. The van der Waals surface area contributed by atoms with Gasteiger partial charge in [-0.2, -0.15) is 4.31 Å². The van der Waals surface area contributed by atoms with Gasteiger partial charge in [0.2, 0.25) is 10.0 Å². The average molecular weight is 328 g/mol. The molecule has 3 rings (SSSR count). The Morgan fingerprint density at radius 2 is 2.24 bits per heavy atom. The van der Waals surface area contributed by atoms with Crippen LogP contribution in [0.1, 0.15) is 11.4 Å². The number of imidazole rings is 1. The second-order valence-electron chi connectivity index (χ2n) is 4.71. The summed E-state index contributed by atoms with van der Waals surface area (Å²) >= 11 is 6.01. The molecule has 1 aliphatic heterocycles. The van der Waals surface area contributed by atoms with Gasteiger partial charge in [-0.15, -0.1) is 0 Å². The van der Waals surface area contributed by atoms with Crippen LogP contribution >= 0.6 is 11.6 Å². The van der Waals surface area contributed by atoms with E-state index in [4.69, 9.17) is 16.3 Å². The molecule has 1 aliphatic rings. The first kappa shape index (κ1) is 14.4. The Bertz CT molecular complexity index is 773. The molecule has 0 amide bonds. The van der Waals surface area contributed by atoms with E-state index in [1.165, 1.54) is 23.5 Å². The number of rotatable bonds is 3. The number of halogens is 1. The topological polar surface area (TPSA) is 75.3 Å². The Kier molecular flexibility index (Phi) is 3.64. The van der Waals surface area contributed by atoms with Crippen LogP contribution in [-0.4, -0.2) is 36.3 Å². The predicted octanol–water partition coefficient (Wildman–Crippen LogP) is 1.82. The number of methoxy groups -OCH3 is 1. The van der Waals surface area contributed by atoms with Crippen LogP contribution in [0, 0.1) is 0 Å². The number of hydrogen-bond donors (Lipinski definition) is 1. The van der Waals surface area contributed by atoms with Crippen LogP contribution in [0.25, 0.3) is 0 Å². The highest BCUT2D eigenvalue weighted by atomic mass is 35.5. The van der Waals surface area contributed by atoms with Crippen LogP contribution in [-0.2, 0) is 23.0 Å². The third-order valence-electron chi connectivity index (χ3n) is 3.50. The Morgan fingerprint density at radius 1 is 1.43 bits per heavy atom. The molecule has 0 unspecified atom stereocenters. The van der Waals surface area contributed by atoms with Gasteiger partial charge in [0.1, 0.15) is 5.75 Å². The minimum atomic E-state index is -3.58. The molecule has 0 aliphatic carbocycles. The quantitative estimate of drug-likeness (QED) is 0.933. The molecule has 0 fully saturated rings. The predicted molar refractivity (Wildman–Crippen MR) is 77.9 cm³/mol. The highest BCUT2D eigenvalue weighted by Crippen LogP contribution is 2.29. The SMILES string of the molecule is COc1ccc(S(=O)(=O)N2CCc3nc[nH]c3C2)cc1Cl. The Hall–Kier alpha value is -1.57. The summed E-state index contributed by atoms with van der Waals surface area (Å²) in [4.78, 5) is 7.31. The van der Waals surface area contributed by atoms with Crippen molar-refractivity contribution in [2.45, 2.75) is 17.9 Å². The molecular formula is C13H14ClN3O3S. The molecule has 8 heteroatoms. The van der Waals surface area contributed by atoms with Crippen molar-refractivity contribution >= 4 is 21.6 Å². The maximum Gasteiger partial charge on any atom is 0.243 e. The largest absolute Gasteiger partial charge is 0.495 e. The number of aromatic nitrogens is 2. The van der Waals surface area contributed by atoms with E-state index < -0.39 is 10.0 Å². The maximum absolute atomic E-state index is 12.7. The molecular weight excluding hydrogens is 314 g/mol. The lowest BCUT2D eigenvalue weighted by Gasteiger charge is -2.25. The molecule has 0 saturated carbocycles. The standard InChI is InChI=1S/C13H14ClN3O3S/c1-20-13-3-2-9(6-10(13)14)21(18,19)17-5-4-11-12(7-17)16-8-15-11/h2-3,6,8H,4-5,7H2,1H3,(H,15,16). The van der Waals surface area contributed by atoms with Gasteiger partial charge < -0.3 is 9.72 Å². The third-order valence-corrected chi connectivity index (χ3v) is 5.64. The maximum atomic E-state index is 12.7. The number of H-pyrrole nitrogens is 1. The van der Waals surface area contributed by atoms with Crippen LogP contribution in [0.5, 0.6) is 5.75 Å². The van der Waals surface area contributed by atoms with Gasteiger partial charge in [-0.25, -0.2) is 13.4 Å². The molecule has 0 atom stereocenters. The van der Waals surface area contributed by atoms with E-state index >= 15 is 0 Å². The molecule has 1 aromatic heterocycles. The van der Waals surface area contributed by atoms with Gasteiger partial charge in [0, 0.05) is 13.0 Å². The Balaban J connectivity index is 1.93. The molecule has 1 aromatic carbocycles. The highest BCUT2D eigenvalue weighted by Gasteiger charge is 2.29. The van der Waals surface area contributed by atoms with Crippen molar-refractivity contribution in [2.75, 3.05) is 13.7 Å². The number of sulfonamides is 1. The fourth-order valence-corrected chi connectivity index (χ4v) is 4.11. The van der Waals surface area contributed by atoms with Gasteiger partial charge in [0.15, 0.2) is 0 Å².